The zero-order valence-electron chi connectivity index (χ0n) is 24.3. The highest BCUT2D eigenvalue weighted by Crippen LogP contribution is 2.43. The standard InChI is InChI=1S/C35H30Cl2N2O5/c1-20(2)22-5-12-27(13-6-22)42-21(3)35(40)43-28-14-15-29-32(17-28)44-34(39)30(18-38)33(29)23-7-10-26(11-8-23)41-19-24-4-9-25(36)16-31(24)37/h4-17,20-21,33H,19,39H2,1-3H3. The molecule has 4 aromatic carbocycles. The van der Waals surface area contributed by atoms with Gasteiger partial charge in [0.1, 0.15) is 41.2 Å². The third-order valence-corrected chi connectivity index (χ3v) is 7.81. The van der Waals surface area contributed by atoms with Crippen LogP contribution in [0.15, 0.2) is 96.4 Å². The lowest BCUT2D eigenvalue weighted by Crippen LogP contribution is -2.28. The van der Waals surface area contributed by atoms with E-state index in [1.807, 2.05) is 54.6 Å². The van der Waals surface area contributed by atoms with Crippen LogP contribution >= 0.6 is 23.2 Å². The summed E-state index contributed by atoms with van der Waals surface area (Å²) in [5.74, 6) is 1.14. The monoisotopic (exact) mass is 628 g/mol. The second-order valence-electron chi connectivity index (χ2n) is 10.6. The van der Waals surface area contributed by atoms with Gasteiger partial charge in [-0.2, -0.15) is 5.26 Å². The third kappa shape index (κ3) is 6.94. The van der Waals surface area contributed by atoms with Crippen molar-refractivity contribution >= 4 is 29.2 Å². The van der Waals surface area contributed by atoms with E-state index in [0.29, 0.717) is 38.8 Å². The van der Waals surface area contributed by atoms with Crippen molar-refractivity contribution in [1.82, 2.24) is 0 Å². The summed E-state index contributed by atoms with van der Waals surface area (Å²) < 4.78 is 23.1. The van der Waals surface area contributed by atoms with Crippen LogP contribution in [0.1, 0.15) is 54.9 Å². The first-order valence-corrected chi connectivity index (χ1v) is 14.7. The lowest BCUT2D eigenvalue weighted by Gasteiger charge is -2.27. The van der Waals surface area contributed by atoms with Crippen LogP contribution in [0.25, 0.3) is 0 Å². The molecule has 0 amide bonds. The Morgan fingerprint density at radius 1 is 0.932 bits per heavy atom. The Kier molecular flexibility index (Phi) is 9.34. The summed E-state index contributed by atoms with van der Waals surface area (Å²) in [6.07, 6.45) is -0.851. The third-order valence-electron chi connectivity index (χ3n) is 7.22. The van der Waals surface area contributed by atoms with Crippen molar-refractivity contribution in [3.8, 4) is 29.1 Å². The van der Waals surface area contributed by atoms with Gasteiger partial charge in [0, 0.05) is 27.2 Å². The molecule has 0 saturated heterocycles. The number of rotatable bonds is 9. The summed E-state index contributed by atoms with van der Waals surface area (Å²) in [6, 6.07) is 27.4. The number of ether oxygens (including phenoxy) is 4. The number of nitrogens with two attached hydrogens (primary N) is 1. The second-order valence-corrected chi connectivity index (χ2v) is 11.5. The number of carbonyl (C=O) groups is 1. The van der Waals surface area contributed by atoms with E-state index >= 15 is 0 Å². The molecule has 0 bridgehead atoms. The molecule has 7 nitrogen and oxygen atoms in total. The van der Waals surface area contributed by atoms with E-state index in [4.69, 9.17) is 47.9 Å². The summed E-state index contributed by atoms with van der Waals surface area (Å²) in [5.41, 5.74) is 9.94. The highest BCUT2D eigenvalue weighted by Gasteiger charge is 2.31. The highest BCUT2D eigenvalue weighted by atomic mass is 35.5. The fraction of sp³-hybridized carbons (Fsp3) is 0.200. The molecule has 2 unspecified atom stereocenters. The number of nitrogens with zero attached hydrogens (tertiary/aromatic N) is 1. The maximum absolute atomic E-state index is 12.8. The van der Waals surface area contributed by atoms with Crippen LogP contribution in [0.2, 0.25) is 10.0 Å². The van der Waals surface area contributed by atoms with Crippen molar-refractivity contribution in [2.24, 2.45) is 5.73 Å². The molecule has 1 aliphatic rings. The minimum Gasteiger partial charge on any atom is -0.489 e. The Bertz CT molecular complexity index is 1740. The zero-order valence-corrected chi connectivity index (χ0v) is 25.9. The van der Waals surface area contributed by atoms with Gasteiger partial charge in [-0.3, -0.25) is 0 Å². The average molecular weight is 630 g/mol. The number of esters is 1. The van der Waals surface area contributed by atoms with Crippen LogP contribution in [-0.2, 0) is 11.4 Å². The highest BCUT2D eigenvalue weighted by molar-refractivity contribution is 6.35. The molecular weight excluding hydrogens is 599 g/mol. The van der Waals surface area contributed by atoms with Crippen molar-refractivity contribution in [2.75, 3.05) is 0 Å². The number of benzene rings is 4. The van der Waals surface area contributed by atoms with Crippen molar-refractivity contribution < 1.29 is 23.7 Å². The molecule has 9 heteroatoms. The normalized spacial score (nSPS) is 14.7. The summed E-state index contributed by atoms with van der Waals surface area (Å²) in [6.45, 7) is 6.11. The van der Waals surface area contributed by atoms with E-state index in [0.717, 1.165) is 11.1 Å². The number of fused-ring (bicyclic) bond motifs is 1. The fourth-order valence-electron chi connectivity index (χ4n) is 4.78. The number of hydrogen-bond acceptors (Lipinski definition) is 7. The SMILES string of the molecule is CC(Oc1ccc(C(C)C)cc1)C(=O)Oc1ccc2c(c1)OC(N)=C(C#N)C2c1ccc(OCc2ccc(Cl)cc2Cl)cc1. The number of allylic oxidation sites excluding steroid dienone is 1. The smallest absolute Gasteiger partial charge is 0.352 e. The van der Waals surface area contributed by atoms with Gasteiger partial charge in [0.2, 0.25) is 5.88 Å². The quantitative estimate of drug-likeness (QED) is 0.147. The van der Waals surface area contributed by atoms with Crippen LogP contribution in [-0.4, -0.2) is 12.1 Å². The molecular formula is C35H30Cl2N2O5. The van der Waals surface area contributed by atoms with E-state index in [1.54, 1.807) is 37.3 Å². The van der Waals surface area contributed by atoms with Gasteiger partial charge in [0.15, 0.2) is 6.10 Å². The molecule has 4 aromatic rings. The van der Waals surface area contributed by atoms with Gasteiger partial charge in [-0.1, -0.05) is 73.4 Å². The van der Waals surface area contributed by atoms with E-state index in [1.165, 1.54) is 5.56 Å². The molecule has 0 aromatic heterocycles. The second kappa shape index (κ2) is 13.3. The van der Waals surface area contributed by atoms with Gasteiger partial charge in [0.05, 0.1) is 5.92 Å². The van der Waals surface area contributed by atoms with E-state index in [2.05, 4.69) is 19.9 Å². The van der Waals surface area contributed by atoms with Crippen molar-refractivity contribution in [3.05, 3.63) is 129 Å². The largest absolute Gasteiger partial charge is 0.489 e. The molecule has 5 rings (SSSR count). The van der Waals surface area contributed by atoms with Crippen LogP contribution in [0.3, 0.4) is 0 Å². The zero-order chi connectivity index (χ0) is 31.4. The number of nitriles is 1. The first-order valence-electron chi connectivity index (χ1n) is 14.0. The Balaban J connectivity index is 1.30. The predicted octanol–water partition coefficient (Wildman–Crippen LogP) is 8.29. The Morgan fingerprint density at radius 3 is 2.27 bits per heavy atom. The lowest BCUT2D eigenvalue weighted by atomic mass is 9.83. The van der Waals surface area contributed by atoms with Crippen LogP contribution in [0.5, 0.6) is 23.0 Å². The topological polar surface area (TPSA) is 104 Å². The molecule has 0 fully saturated rings. The molecule has 1 heterocycles. The molecule has 0 spiro atoms. The molecule has 0 saturated carbocycles. The summed E-state index contributed by atoms with van der Waals surface area (Å²) in [5, 5.41) is 11.0. The lowest BCUT2D eigenvalue weighted by molar-refractivity contribution is -0.141. The van der Waals surface area contributed by atoms with Crippen molar-refractivity contribution in [3.63, 3.8) is 0 Å². The van der Waals surface area contributed by atoms with Crippen molar-refractivity contribution in [1.29, 1.82) is 5.26 Å². The molecule has 1 aliphatic heterocycles. The molecule has 0 aliphatic carbocycles. The maximum atomic E-state index is 12.8. The first kappa shape index (κ1) is 30.8. The Morgan fingerprint density at radius 2 is 1.61 bits per heavy atom. The summed E-state index contributed by atoms with van der Waals surface area (Å²) >= 11 is 12.2. The van der Waals surface area contributed by atoms with E-state index in [-0.39, 0.29) is 23.8 Å². The maximum Gasteiger partial charge on any atom is 0.352 e. The van der Waals surface area contributed by atoms with Gasteiger partial charge in [-0.05, 0) is 66.4 Å². The summed E-state index contributed by atoms with van der Waals surface area (Å²) in [4.78, 5) is 12.8. The van der Waals surface area contributed by atoms with E-state index in [9.17, 15) is 10.1 Å². The molecule has 2 atom stereocenters. The molecule has 224 valence electrons. The van der Waals surface area contributed by atoms with Gasteiger partial charge >= 0.3 is 5.97 Å². The average Bonchev–Trinajstić information content (AvgIpc) is 3.00. The minimum atomic E-state index is -0.851. The predicted molar refractivity (Wildman–Crippen MR) is 169 cm³/mol. The van der Waals surface area contributed by atoms with Gasteiger partial charge in [0.25, 0.3) is 0 Å². The van der Waals surface area contributed by atoms with Crippen LogP contribution in [0, 0.1) is 11.3 Å². The minimum absolute atomic E-state index is 0.0206. The van der Waals surface area contributed by atoms with Gasteiger partial charge in [-0.25, -0.2) is 4.79 Å². The number of hydrogen-bond donors (Lipinski definition) is 1. The molecule has 2 N–H and O–H groups in total. The van der Waals surface area contributed by atoms with E-state index < -0.39 is 18.0 Å². The van der Waals surface area contributed by atoms with Gasteiger partial charge < -0.3 is 24.7 Å². The Hall–Kier alpha value is -4.64. The Labute approximate surface area is 266 Å². The van der Waals surface area contributed by atoms with Crippen LogP contribution < -0.4 is 24.7 Å². The summed E-state index contributed by atoms with van der Waals surface area (Å²) in [7, 11) is 0. The van der Waals surface area contributed by atoms with Gasteiger partial charge in [-0.15, -0.1) is 0 Å². The van der Waals surface area contributed by atoms with Crippen LogP contribution in [0.4, 0.5) is 0 Å². The number of halogens is 2. The fourth-order valence-corrected chi connectivity index (χ4v) is 5.24. The molecule has 0 radical (unpaired) electrons. The first-order chi connectivity index (χ1) is 21.1. The number of carbonyl (C=O) groups excluding carboxylic acids is 1. The van der Waals surface area contributed by atoms with Crippen molar-refractivity contribution in [2.45, 2.75) is 45.3 Å². The molecule has 44 heavy (non-hydrogen) atoms.